The molecule has 0 aromatic heterocycles. The molecule has 3 amide bonds. The third-order valence-corrected chi connectivity index (χ3v) is 4.29. The second-order valence-electron chi connectivity index (χ2n) is 5.99. The average Bonchev–Trinajstić information content (AvgIpc) is 2.52. The lowest BCUT2D eigenvalue weighted by atomic mass is 9.96. The molecule has 0 unspecified atom stereocenters. The van der Waals surface area contributed by atoms with Crippen molar-refractivity contribution in [3.8, 4) is 0 Å². The smallest absolute Gasteiger partial charge is 0.315 e. The van der Waals surface area contributed by atoms with E-state index in [9.17, 15) is 9.59 Å². The average molecular weight is 338 g/mol. The number of nitrogens with one attached hydrogen (secondary N) is 3. The summed E-state index contributed by atoms with van der Waals surface area (Å²) in [4.78, 5) is 23.7. The van der Waals surface area contributed by atoms with Crippen LogP contribution in [0.3, 0.4) is 0 Å². The number of aryl methyl sites for hydroxylation is 1. The SMILES string of the molecule is Cc1ccc(Cl)cc1NC(=O)CCNC(=O)NC1CCCCC1. The van der Waals surface area contributed by atoms with Gasteiger partial charge in [0.15, 0.2) is 0 Å². The summed E-state index contributed by atoms with van der Waals surface area (Å²) in [6.45, 7) is 2.21. The van der Waals surface area contributed by atoms with Crippen molar-refractivity contribution in [2.45, 2.75) is 51.5 Å². The van der Waals surface area contributed by atoms with Crippen LogP contribution in [0.4, 0.5) is 10.5 Å². The van der Waals surface area contributed by atoms with Crippen LogP contribution in [-0.4, -0.2) is 24.5 Å². The summed E-state index contributed by atoms with van der Waals surface area (Å²) in [7, 11) is 0. The summed E-state index contributed by atoms with van der Waals surface area (Å²) in [5.74, 6) is -0.145. The highest BCUT2D eigenvalue weighted by Gasteiger charge is 2.15. The number of rotatable bonds is 5. The van der Waals surface area contributed by atoms with Crippen molar-refractivity contribution < 1.29 is 9.59 Å². The van der Waals surface area contributed by atoms with Gasteiger partial charge in [0.2, 0.25) is 5.91 Å². The summed E-state index contributed by atoms with van der Waals surface area (Å²) in [5, 5.41) is 9.09. The van der Waals surface area contributed by atoms with Crippen molar-refractivity contribution in [2.24, 2.45) is 0 Å². The van der Waals surface area contributed by atoms with Gasteiger partial charge in [-0.2, -0.15) is 0 Å². The summed E-state index contributed by atoms with van der Waals surface area (Å²) >= 11 is 5.92. The third-order valence-electron chi connectivity index (χ3n) is 4.05. The Morgan fingerprint density at radius 3 is 2.70 bits per heavy atom. The lowest BCUT2D eigenvalue weighted by Crippen LogP contribution is -2.43. The van der Waals surface area contributed by atoms with Crippen molar-refractivity contribution in [1.82, 2.24) is 10.6 Å². The summed E-state index contributed by atoms with van der Waals surface area (Å²) in [6, 6.07) is 5.44. The van der Waals surface area contributed by atoms with Crippen LogP contribution in [0, 0.1) is 6.92 Å². The first kappa shape index (κ1) is 17.6. The molecular weight excluding hydrogens is 314 g/mol. The summed E-state index contributed by atoms with van der Waals surface area (Å²) in [6.07, 6.45) is 5.91. The van der Waals surface area contributed by atoms with Gasteiger partial charge in [-0.3, -0.25) is 4.79 Å². The summed E-state index contributed by atoms with van der Waals surface area (Å²) in [5.41, 5.74) is 1.65. The minimum absolute atomic E-state index is 0.145. The Balaban J connectivity index is 1.68. The van der Waals surface area contributed by atoms with Crippen LogP contribution < -0.4 is 16.0 Å². The van der Waals surface area contributed by atoms with E-state index in [1.54, 1.807) is 12.1 Å². The topological polar surface area (TPSA) is 70.2 Å². The first-order valence-electron chi connectivity index (χ1n) is 8.15. The lowest BCUT2D eigenvalue weighted by molar-refractivity contribution is -0.116. The van der Waals surface area contributed by atoms with Crippen LogP contribution in [0.15, 0.2) is 18.2 Å². The van der Waals surface area contributed by atoms with Crippen molar-refractivity contribution in [3.05, 3.63) is 28.8 Å². The Labute approximate surface area is 142 Å². The molecule has 1 aliphatic rings. The van der Waals surface area contributed by atoms with E-state index in [-0.39, 0.29) is 24.4 Å². The van der Waals surface area contributed by atoms with Crippen molar-refractivity contribution in [1.29, 1.82) is 0 Å². The first-order valence-corrected chi connectivity index (χ1v) is 8.53. The zero-order valence-electron chi connectivity index (χ0n) is 13.5. The molecule has 23 heavy (non-hydrogen) atoms. The minimum Gasteiger partial charge on any atom is -0.338 e. The molecule has 1 saturated carbocycles. The highest BCUT2D eigenvalue weighted by molar-refractivity contribution is 6.31. The maximum Gasteiger partial charge on any atom is 0.315 e. The summed E-state index contributed by atoms with van der Waals surface area (Å²) < 4.78 is 0. The molecule has 1 aromatic rings. The molecular formula is C17H24ClN3O2. The molecule has 0 aliphatic heterocycles. The van der Waals surface area contributed by atoms with E-state index in [0.29, 0.717) is 17.3 Å². The molecule has 0 atom stereocenters. The molecule has 5 nitrogen and oxygen atoms in total. The molecule has 0 spiro atoms. The normalized spacial score (nSPS) is 15.0. The molecule has 1 fully saturated rings. The molecule has 3 N–H and O–H groups in total. The number of benzene rings is 1. The Kier molecular flexibility index (Phi) is 6.71. The Morgan fingerprint density at radius 2 is 1.96 bits per heavy atom. The monoisotopic (exact) mass is 337 g/mol. The number of carbonyl (C=O) groups excluding carboxylic acids is 2. The predicted molar refractivity (Wildman–Crippen MR) is 92.8 cm³/mol. The zero-order valence-corrected chi connectivity index (χ0v) is 14.2. The van der Waals surface area contributed by atoms with E-state index < -0.39 is 0 Å². The Hall–Kier alpha value is -1.75. The number of carbonyl (C=O) groups is 2. The van der Waals surface area contributed by atoms with Crippen LogP contribution in [0.25, 0.3) is 0 Å². The highest BCUT2D eigenvalue weighted by Crippen LogP contribution is 2.20. The van der Waals surface area contributed by atoms with Crippen molar-refractivity contribution in [3.63, 3.8) is 0 Å². The number of amides is 3. The van der Waals surface area contributed by atoms with E-state index in [1.165, 1.54) is 19.3 Å². The van der Waals surface area contributed by atoms with Gasteiger partial charge in [-0.1, -0.05) is 36.9 Å². The number of halogens is 1. The van der Waals surface area contributed by atoms with Crippen LogP contribution in [0.1, 0.15) is 44.1 Å². The Morgan fingerprint density at radius 1 is 1.22 bits per heavy atom. The molecule has 0 saturated heterocycles. The second kappa shape index (κ2) is 8.77. The molecule has 0 heterocycles. The molecule has 1 aliphatic carbocycles. The van der Waals surface area contributed by atoms with Gasteiger partial charge in [-0.05, 0) is 37.5 Å². The predicted octanol–water partition coefficient (Wildman–Crippen LogP) is 3.61. The van der Waals surface area contributed by atoms with Gasteiger partial charge < -0.3 is 16.0 Å². The van der Waals surface area contributed by atoms with Crippen LogP contribution >= 0.6 is 11.6 Å². The number of anilines is 1. The fraction of sp³-hybridized carbons (Fsp3) is 0.529. The van der Waals surface area contributed by atoms with Gasteiger partial charge in [0.05, 0.1) is 0 Å². The van der Waals surface area contributed by atoms with Crippen molar-refractivity contribution in [2.75, 3.05) is 11.9 Å². The molecule has 2 rings (SSSR count). The lowest BCUT2D eigenvalue weighted by Gasteiger charge is -2.22. The molecule has 6 heteroatoms. The molecule has 126 valence electrons. The van der Waals surface area contributed by atoms with E-state index in [0.717, 1.165) is 18.4 Å². The van der Waals surface area contributed by atoms with E-state index in [4.69, 9.17) is 11.6 Å². The molecule has 1 aromatic carbocycles. The number of urea groups is 1. The zero-order chi connectivity index (χ0) is 16.7. The standard InChI is InChI=1S/C17H24ClN3O2/c1-12-7-8-13(18)11-15(12)21-16(22)9-10-19-17(23)20-14-5-3-2-4-6-14/h7-8,11,14H,2-6,9-10H2,1H3,(H,21,22)(H2,19,20,23). The maximum absolute atomic E-state index is 11.9. The van der Waals surface area contributed by atoms with Crippen LogP contribution in [0.5, 0.6) is 0 Å². The van der Waals surface area contributed by atoms with Gasteiger partial charge >= 0.3 is 6.03 Å². The largest absolute Gasteiger partial charge is 0.338 e. The van der Waals surface area contributed by atoms with E-state index in [2.05, 4.69) is 16.0 Å². The molecule has 0 bridgehead atoms. The van der Waals surface area contributed by atoms with E-state index >= 15 is 0 Å². The van der Waals surface area contributed by atoms with Crippen molar-refractivity contribution >= 4 is 29.2 Å². The number of hydrogen-bond acceptors (Lipinski definition) is 2. The quantitative estimate of drug-likeness (QED) is 0.768. The second-order valence-corrected chi connectivity index (χ2v) is 6.43. The Bertz CT molecular complexity index is 557. The maximum atomic E-state index is 11.9. The first-order chi connectivity index (χ1) is 11.0. The third kappa shape index (κ3) is 6.10. The minimum atomic E-state index is -0.191. The van der Waals surface area contributed by atoms with E-state index in [1.807, 2.05) is 13.0 Å². The van der Waals surface area contributed by atoms with Crippen LogP contribution in [0.2, 0.25) is 5.02 Å². The van der Waals surface area contributed by atoms with Crippen LogP contribution in [-0.2, 0) is 4.79 Å². The van der Waals surface area contributed by atoms with Gasteiger partial charge in [0, 0.05) is 29.7 Å². The van der Waals surface area contributed by atoms with Gasteiger partial charge in [-0.15, -0.1) is 0 Å². The molecule has 0 radical (unpaired) electrons. The van der Waals surface area contributed by atoms with Gasteiger partial charge in [0.25, 0.3) is 0 Å². The van der Waals surface area contributed by atoms with Gasteiger partial charge in [0.1, 0.15) is 0 Å². The highest BCUT2D eigenvalue weighted by atomic mass is 35.5. The fourth-order valence-electron chi connectivity index (χ4n) is 2.71. The fourth-order valence-corrected chi connectivity index (χ4v) is 2.89. The van der Waals surface area contributed by atoms with Gasteiger partial charge in [-0.25, -0.2) is 4.79 Å². The number of hydrogen-bond donors (Lipinski definition) is 3.